The predicted octanol–water partition coefficient (Wildman–Crippen LogP) is 1.38. The highest BCUT2D eigenvalue weighted by Crippen LogP contribution is 2.51. The van der Waals surface area contributed by atoms with Crippen molar-refractivity contribution in [2.45, 2.75) is 49.5 Å². The third-order valence-corrected chi connectivity index (χ3v) is 7.71. The van der Waals surface area contributed by atoms with E-state index in [4.69, 9.17) is 14.2 Å². The standard InChI is InChI=1S/C30H34N2O8/c1-38-24-13-19(17-34)12-21-26-22(30(37)31-9-10-33)15-23(27(36)29(26)40-28(21)24)32(16-20-8-5-11-39-20)25(35)14-18-6-3-2-4-7-18/h2-4,6-7,12-13,15,17,20,23,26-27,29,33,36H,5,8-11,14,16H2,1H3,(H,31,37). The van der Waals surface area contributed by atoms with Crippen LogP contribution in [0.5, 0.6) is 11.5 Å². The first kappa shape index (κ1) is 27.8. The Hall–Kier alpha value is -3.73. The molecule has 3 aliphatic rings. The molecule has 3 N–H and O–H groups in total. The highest BCUT2D eigenvalue weighted by atomic mass is 16.5. The maximum atomic E-state index is 13.8. The van der Waals surface area contributed by atoms with Gasteiger partial charge >= 0.3 is 0 Å². The molecule has 0 spiro atoms. The summed E-state index contributed by atoms with van der Waals surface area (Å²) in [5.74, 6) is -0.746. The fraction of sp³-hybridized carbons (Fsp3) is 0.433. The number of aliphatic hydroxyl groups excluding tert-OH is 2. The van der Waals surface area contributed by atoms with Gasteiger partial charge in [-0.05, 0) is 36.6 Å². The van der Waals surface area contributed by atoms with Crippen LogP contribution in [0, 0.1) is 0 Å². The van der Waals surface area contributed by atoms with Crippen LogP contribution in [0.25, 0.3) is 0 Å². The Kier molecular flexibility index (Phi) is 8.49. The Morgan fingerprint density at radius 2 is 2.02 bits per heavy atom. The van der Waals surface area contributed by atoms with E-state index in [9.17, 15) is 24.6 Å². The maximum absolute atomic E-state index is 13.8. The fourth-order valence-corrected chi connectivity index (χ4v) is 5.83. The van der Waals surface area contributed by atoms with Crippen molar-refractivity contribution in [3.63, 3.8) is 0 Å². The minimum absolute atomic E-state index is 0.0265. The van der Waals surface area contributed by atoms with Crippen LogP contribution in [0.4, 0.5) is 0 Å². The van der Waals surface area contributed by atoms with Crippen LogP contribution in [-0.2, 0) is 20.7 Å². The van der Waals surface area contributed by atoms with Gasteiger partial charge in [0.1, 0.15) is 18.5 Å². The van der Waals surface area contributed by atoms with Crippen molar-refractivity contribution in [1.29, 1.82) is 0 Å². The van der Waals surface area contributed by atoms with Crippen LogP contribution in [0.1, 0.15) is 40.2 Å². The summed E-state index contributed by atoms with van der Waals surface area (Å²) < 4.78 is 17.6. The van der Waals surface area contributed by atoms with Crippen molar-refractivity contribution in [3.05, 3.63) is 70.8 Å². The van der Waals surface area contributed by atoms with Gasteiger partial charge in [0.15, 0.2) is 11.5 Å². The van der Waals surface area contributed by atoms with E-state index in [1.54, 1.807) is 17.0 Å². The van der Waals surface area contributed by atoms with Gasteiger partial charge in [-0.15, -0.1) is 0 Å². The molecule has 0 aromatic heterocycles. The first-order valence-electron chi connectivity index (χ1n) is 13.5. The number of methoxy groups -OCH3 is 1. The van der Waals surface area contributed by atoms with E-state index in [0.29, 0.717) is 35.5 Å². The Balaban J connectivity index is 1.56. The van der Waals surface area contributed by atoms with E-state index >= 15 is 0 Å². The van der Waals surface area contributed by atoms with Crippen molar-refractivity contribution in [3.8, 4) is 11.5 Å². The molecule has 2 aromatic rings. The molecule has 2 aliphatic heterocycles. The summed E-state index contributed by atoms with van der Waals surface area (Å²) >= 11 is 0. The number of rotatable bonds is 10. The average molecular weight is 551 g/mol. The van der Waals surface area contributed by atoms with Gasteiger partial charge in [-0.2, -0.15) is 0 Å². The number of hydrogen-bond acceptors (Lipinski definition) is 8. The smallest absolute Gasteiger partial charge is 0.247 e. The molecule has 1 saturated heterocycles. The molecule has 5 atom stereocenters. The van der Waals surface area contributed by atoms with Gasteiger partial charge in [-0.1, -0.05) is 30.3 Å². The number of carbonyl (C=O) groups is 3. The summed E-state index contributed by atoms with van der Waals surface area (Å²) in [4.78, 5) is 40.5. The lowest BCUT2D eigenvalue weighted by molar-refractivity contribution is -0.138. The second kappa shape index (κ2) is 12.2. The lowest BCUT2D eigenvalue weighted by Crippen LogP contribution is -2.57. The van der Waals surface area contributed by atoms with Gasteiger partial charge in [0.05, 0.1) is 38.2 Å². The number of amides is 2. The van der Waals surface area contributed by atoms with E-state index in [-0.39, 0.29) is 43.7 Å². The molecular formula is C30H34N2O8. The Morgan fingerprint density at radius 3 is 2.70 bits per heavy atom. The minimum Gasteiger partial charge on any atom is -0.493 e. The monoisotopic (exact) mass is 550 g/mol. The number of nitrogens with zero attached hydrogens (tertiary/aromatic N) is 1. The molecule has 5 rings (SSSR count). The number of aldehydes is 1. The van der Waals surface area contributed by atoms with Gasteiger partial charge in [-0.3, -0.25) is 14.4 Å². The van der Waals surface area contributed by atoms with E-state index in [1.807, 2.05) is 30.3 Å². The summed E-state index contributed by atoms with van der Waals surface area (Å²) in [6.45, 7) is 0.623. The van der Waals surface area contributed by atoms with Crippen molar-refractivity contribution in [2.24, 2.45) is 0 Å². The number of fused-ring (bicyclic) bond motifs is 3. The first-order chi connectivity index (χ1) is 19.4. The maximum Gasteiger partial charge on any atom is 0.247 e. The SMILES string of the molecule is COc1cc(C=O)cc2c1OC1C2C(C(=O)NCCO)=CC(N(CC2CCCO2)C(=O)Cc2ccccc2)C1O. The zero-order chi connectivity index (χ0) is 28.2. The molecule has 5 unspecified atom stereocenters. The van der Waals surface area contributed by atoms with Crippen molar-refractivity contribution in [1.82, 2.24) is 10.2 Å². The normalized spacial score (nSPS) is 24.8. The van der Waals surface area contributed by atoms with Crippen molar-refractivity contribution < 1.29 is 38.8 Å². The Bertz CT molecular complexity index is 1270. The summed E-state index contributed by atoms with van der Waals surface area (Å²) in [6.07, 6.45) is 1.76. The van der Waals surface area contributed by atoms with Gasteiger partial charge in [-0.25, -0.2) is 0 Å². The lowest BCUT2D eigenvalue weighted by Gasteiger charge is -2.41. The number of benzene rings is 2. The fourth-order valence-electron chi connectivity index (χ4n) is 5.83. The Labute approximate surface area is 232 Å². The highest BCUT2D eigenvalue weighted by Gasteiger charge is 2.51. The lowest BCUT2D eigenvalue weighted by atomic mass is 9.77. The molecular weight excluding hydrogens is 516 g/mol. The number of hydrogen-bond donors (Lipinski definition) is 3. The zero-order valence-electron chi connectivity index (χ0n) is 22.3. The highest BCUT2D eigenvalue weighted by molar-refractivity contribution is 5.96. The van der Waals surface area contributed by atoms with Crippen LogP contribution < -0.4 is 14.8 Å². The first-order valence-corrected chi connectivity index (χ1v) is 13.5. The van der Waals surface area contributed by atoms with Crippen LogP contribution in [0.3, 0.4) is 0 Å². The average Bonchev–Trinajstić information content (AvgIpc) is 3.63. The molecule has 0 saturated carbocycles. The molecule has 2 amide bonds. The largest absolute Gasteiger partial charge is 0.493 e. The molecule has 10 nitrogen and oxygen atoms in total. The predicted molar refractivity (Wildman–Crippen MR) is 144 cm³/mol. The van der Waals surface area contributed by atoms with Gasteiger partial charge in [0.2, 0.25) is 11.8 Å². The van der Waals surface area contributed by atoms with Crippen LogP contribution >= 0.6 is 0 Å². The third-order valence-electron chi connectivity index (χ3n) is 7.71. The quantitative estimate of drug-likeness (QED) is 0.378. The van der Waals surface area contributed by atoms with E-state index in [0.717, 1.165) is 18.4 Å². The molecule has 0 bridgehead atoms. The second-order valence-electron chi connectivity index (χ2n) is 10.2. The second-order valence-corrected chi connectivity index (χ2v) is 10.2. The molecule has 10 heteroatoms. The van der Waals surface area contributed by atoms with E-state index < -0.39 is 30.1 Å². The van der Waals surface area contributed by atoms with E-state index in [2.05, 4.69) is 5.32 Å². The summed E-state index contributed by atoms with van der Waals surface area (Å²) in [5, 5.41) is 23.8. The number of nitrogens with one attached hydrogen (secondary N) is 1. The van der Waals surface area contributed by atoms with Crippen molar-refractivity contribution >= 4 is 18.1 Å². The molecule has 2 aromatic carbocycles. The molecule has 212 valence electrons. The minimum atomic E-state index is -1.20. The molecule has 2 heterocycles. The van der Waals surface area contributed by atoms with Crippen LogP contribution in [0.2, 0.25) is 0 Å². The van der Waals surface area contributed by atoms with E-state index in [1.165, 1.54) is 13.2 Å². The molecule has 1 fully saturated rings. The van der Waals surface area contributed by atoms with Crippen molar-refractivity contribution in [2.75, 3.05) is 33.4 Å². The summed E-state index contributed by atoms with van der Waals surface area (Å²) in [6, 6.07) is 11.6. The summed E-state index contributed by atoms with van der Waals surface area (Å²) in [5.41, 5.74) is 1.98. The van der Waals surface area contributed by atoms with Gasteiger partial charge < -0.3 is 34.6 Å². The van der Waals surface area contributed by atoms with Gasteiger partial charge in [0, 0.05) is 36.4 Å². The number of aliphatic hydroxyl groups is 2. The molecule has 40 heavy (non-hydrogen) atoms. The van der Waals surface area contributed by atoms with Crippen LogP contribution in [0.15, 0.2) is 54.1 Å². The van der Waals surface area contributed by atoms with Crippen LogP contribution in [-0.4, -0.2) is 91.0 Å². The molecule has 0 radical (unpaired) electrons. The third kappa shape index (κ3) is 5.47. The Morgan fingerprint density at radius 1 is 1.23 bits per heavy atom. The topological polar surface area (TPSA) is 135 Å². The van der Waals surface area contributed by atoms with Gasteiger partial charge in [0.25, 0.3) is 0 Å². The summed E-state index contributed by atoms with van der Waals surface area (Å²) in [7, 11) is 1.45. The zero-order valence-corrected chi connectivity index (χ0v) is 22.3. The molecule has 1 aliphatic carbocycles. The number of ether oxygens (including phenoxy) is 3. The number of carbonyl (C=O) groups excluding carboxylic acids is 3.